The van der Waals surface area contributed by atoms with Crippen LogP contribution >= 0.6 is 23.5 Å². The Bertz CT molecular complexity index is 281. The number of nitrogens with one attached hydrogen (secondary N) is 2. The van der Waals surface area contributed by atoms with Crippen molar-refractivity contribution in [2.75, 3.05) is 23.8 Å². The fourth-order valence-corrected chi connectivity index (χ4v) is 5.06. The molecule has 0 aromatic carbocycles. The van der Waals surface area contributed by atoms with E-state index in [1.54, 1.807) is 0 Å². The second kappa shape index (κ2) is 8.42. The van der Waals surface area contributed by atoms with Crippen molar-refractivity contribution in [3.05, 3.63) is 0 Å². The van der Waals surface area contributed by atoms with Crippen LogP contribution in [0.25, 0.3) is 0 Å². The SMILES string of the molecule is CCSC1CCCCC1NC(=O)CC1CSCCN1. The minimum Gasteiger partial charge on any atom is -0.352 e. The summed E-state index contributed by atoms with van der Waals surface area (Å²) in [5.74, 6) is 3.65. The average molecular weight is 303 g/mol. The highest BCUT2D eigenvalue weighted by atomic mass is 32.2. The molecule has 2 N–H and O–H groups in total. The zero-order valence-corrected chi connectivity index (χ0v) is 13.5. The molecule has 1 saturated heterocycles. The Morgan fingerprint density at radius 3 is 3.00 bits per heavy atom. The molecule has 0 aromatic heterocycles. The lowest BCUT2D eigenvalue weighted by Crippen LogP contribution is -2.47. The summed E-state index contributed by atoms with van der Waals surface area (Å²) in [5.41, 5.74) is 0. The zero-order valence-electron chi connectivity index (χ0n) is 11.8. The van der Waals surface area contributed by atoms with Crippen molar-refractivity contribution in [3.8, 4) is 0 Å². The van der Waals surface area contributed by atoms with Crippen LogP contribution in [0.3, 0.4) is 0 Å². The van der Waals surface area contributed by atoms with Gasteiger partial charge in [-0.05, 0) is 18.6 Å². The number of hydrogen-bond donors (Lipinski definition) is 2. The van der Waals surface area contributed by atoms with E-state index in [2.05, 4.69) is 17.6 Å². The summed E-state index contributed by atoms with van der Waals surface area (Å²) in [5, 5.41) is 7.36. The summed E-state index contributed by atoms with van der Waals surface area (Å²) in [4.78, 5) is 12.2. The van der Waals surface area contributed by atoms with Crippen molar-refractivity contribution in [1.29, 1.82) is 0 Å². The van der Waals surface area contributed by atoms with Gasteiger partial charge in [0.25, 0.3) is 0 Å². The fraction of sp³-hybridized carbons (Fsp3) is 0.929. The van der Waals surface area contributed by atoms with Gasteiger partial charge < -0.3 is 10.6 Å². The number of rotatable bonds is 5. The largest absolute Gasteiger partial charge is 0.352 e. The Morgan fingerprint density at radius 1 is 1.42 bits per heavy atom. The van der Waals surface area contributed by atoms with Crippen LogP contribution < -0.4 is 10.6 Å². The highest BCUT2D eigenvalue weighted by Gasteiger charge is 2.27. The Kier molecular flexibility index (Phi) is 6.88. The van der Waals surface area contributed by atoms with E-state index in [1.165, 1.54) is 25.0 Å². The van der Waals surface area contributed by atoms with Gasteiger partial charge in [-0.3, -0.25) is 4.79 Å². The Morgan fingerprint density at radius 2 is 2.26 bits per heavy atom. The number of carbonyl (C=O) groups excluding carboxylic acids is 1. The maximum atomic E-state index is 12.2. The van der Waals surface area contributed by atoms with Crippen LogP contribution in [0.5, 0.6) is 0 Å². The first-order valence-corrected chi connectivity index (χ1v) is 9.72. The maximum absolute atomic E-state index is 12.2. The zero-order chi connectivity index (χ0) is 13.5. The van der Waals surface area contributed by atoms with Gasteiger partial charge in [0.15, 0.2) is 0 Å². The normalized spacial score (nSPS) is 31.9. The van der Waals surface area contributed by atoms with E-state index < -0.39 is 0 Å². The molecule has 2 fully saturated rings. The molecule has 1 aliphatic carbocycles. The van der Waals surface area contributed by atoms with Crippen molar-refractivity contribution >= 4 is 29.4 Å². The molecule has 0 spiro atoms. The van der Waals surface area contributed by atoms with Crippen LogP contribution in [0.2, 0.25) is 0 Å². The van der Waals surface area contributed by atoms with Gasteiger partial charge in [0, 0.05) is 41.8 Å². The molecule has 1 saturated carbocycles. The van der Waals surface area contributed by atoms with E-state index in [1.807, 2.05) is 23.5 Å². The van der Waals surface area contributed by atoms with Crippen molar-refractivity contribution in [1.82, 2.24) is 10.6 Å². The van der Waals surface area contributed by atoms with Crippen LogP contribution in [-0.4, -0.2) is 47.0 Å². The van der Waals surface area contributed by atoms with Crippen molar-refractivity contribution in [2.24, 2.45) is 0 Å². The molecule has 1 amide bonds. The molecule has 19 heavy (non-hydrogen) atoms. The molecule has 1 heterocycles. The first-order chi connectivity index (χ1) is 9.29. The second-order valence-corrected chi connectivity index (χ2v) is 8.05. The Hall–Kier alpha value is 0.130. The molecular weight excluding hydrogens is 276 g/mol. The van der Waals surface area contributed by atoms with Crippen LogP contribution in [0.1, 0.15) is 39.0 Å². The Balaban J connectivity index is 1.75. The number of carbonyl (C=O) groups is 1. The molecule has 3 atom stereocenters. The third-order valence-electron chi connectivity index (χ3n) is 3.86. The third kappa shape index (κ3) is 5.20. The minimum atomic E-state index is 0.244. The molecular formula is C14H26N2OS2. The monoisotopic (exact) mass is 302 g/mol. The van der Waals surface area contributed by atoms with Gasteiger partial charge in [-0.1, -0.05) is 19.8 Å². The standard InChI is InChI=1S/C14H26N2OS2/c1-2-19-13-6-4-3-5-12(13)16-14(17)9-11-10-18-8-7-15-11/h11-13,15H,2-10H2,1H3,(H,16,17). The molecule has 0 aromatic rings. The smallest absolute Gasteiger partial charge is 0.221 e. The molecule has 3 unspecified atom stereocenters. The quantitative estimate of drug-likeness (QED) is 0.817. The molecule has 1 aliphatic heterocycles. The summed E-state index contributed by atoms with van der Waals surface area (Å²) < 4.78 is 0. The molecule has 5 heteroatoms. The van der Waals surface area contributed by atoms with E-state index in [4.69, 9.17) is 0 Å². The number of thioether (sulfide) groups is 2. The first-order valence-electron chi connectivity index (χ1n) is 7.51. The van der Waals surface area contributed by atoms with Crippen molar-refractivity contribution in [2.45, 2.75) is 56.4 Å². The van der Waals surface area contributed by atoms with Crippen LogP contribution in [0, 0.1) is 0 Å². The van der Waals surface area contributed by atoms with Gasteiger partial charge in [-0.2, -0.15) is 23.5 Å². The lowest BCUT2D eigenvalue weighted by atomic mass is 9.94. The van der Waals surface area contributed by atoms with Crippen LogP contribution in [0.15, 0.2) is 0 Å². The summed E-state index contributed by atoms with van der Waals surface area (Å²) in [6, 6.07) is 0.780. The van der Waals surface area contributed by atoms with E-state index >= 15 is 0 Å². The van der Waals surface area contributed by atoms with Gasteiger partial charge in [-0.25, -0.2) is 0 Å². The highest BCUT2D eigenvalue weighted by molar-refractivity contribution is 8.00. The fourth-order valence-electron chi connectivity index (χ4n) is 2.92. The minimum absolute atomic E-state index is 0.244. The summed E-state index contributed by atoms with van der Waals surface area (Å²) in [7, 11) is 0. The average Bonchev–Trinajstić information content (AvgIpc) is 2.42. The predicted molar refractivity (Wildman–Crippen MR) is 86.1 cm³/mol. The van der Waals surface area contributed by atoms with E-state index in [0.29, 0.717) is 23.8 Å². The van der Waals surface area contributed by atoms with E-state index in [0.717, 1.165) is 24.5 Å². The third-order valence-corrected chi connectivity index (χ3v) is 6.32. The van der Waals surface area contributed by atoms with Gasteiger partial charge >= 0.3 is 0 Å². The van der Waals surface area contributed by atoms with Crippen molar-refractivity contribution in [3.63, 3.8) is 0 Å². The molecule has 110 valence electrons. The highest BCUT2D eigenvalue weighted by Crippen LogP contribution is 2.28. The summed E-state index contributed by atoms with van der Waals surface area (Å²) in [6.45, 7) is 3.25. The van der Waals surface area contributed by atoms with Gasteiger partial charge in [-0.15, -0.1) is 0 Å². The van der Waals surface area contributed by atoms with E-state index in [9.17, 15) is 4.79 Å². The first kappa shape index (κ1) is 15.5. The molecule has 0 radical (unpaired) electrons. The second-order valence-electron chi connectivity index (χ2n) is 5.38. The van der Waals surface area contributed by atoms with E-state index in [-0.39, 0.29) is 5.91 Å². The lowest BCUT2D eigenvalue weighted by molar-refractivity contribution is -0.122. The lowest BCUT2D eigenvalue weighted by Gasteiger charge is -2.32. The van der Waals surface area contributed by atoms with Gasteiger partial charge in [0.05, 0.1) is 0 Å². The number of hydrogen-bond acceptors (Lipinski definition) is 4. The number of amides is 1. The van der Waals surface area contributed by atoms with Crippen molar-refractivity contribution < 1.29 is 4.79 Å². The van der Waals surface area contributed by atoms with Gasteiger partial charge in [0.1, 0.15) is 0 Å². The molecule has 2 rings (SSSR count). The van der Waals surface area contributed by atoms with Crippen LogP contribution in [-0.2, 0) is 4.79 Å². The maximum Gasteiger partial charge on any atom is 0.221 e. The van der Waals surface area contributed by atoms with Crippen LogP contribution in [0.4, 0.5) is 0 Å². The van der Waals surface area contributed by atoms with Gasteiger partial charge in [0.2, 0.25) is 5.91 Å². The summed E-state index contributed by atoms with van der Waals surface area (Å²) >= 11 is 3.97. The molecule has 2 aliphatic rings. The topological polar surface area (TPSA) is 41.1 Å². The Labute approximate surface area is 125 Å². The predicted octanol–water partition coefficient (Wildman–Crippen LogP) is 2.26. The summed E-state index contributed by atoms with van der Waals surface area (Å²) in [6.07, 6.45) is 5.67. The molecule has 0 bridgehead atoms. The molecule has 3 nitrogen and oxygen atoms in total.